The average Bonchev–Trinajstić information content (AvgIpc) is 3.25. The van der Waals surface area contributed by atoms with Gasteiger partial charge in [0.25, 0.3) is 5.91 Å². The van der Waals surface area contributed by atoms with Gasteiger partial charge in [-0.1, -0.05) is 11.6 Å². The van der Waals surface area contributed by atoms with Gasteiger partial charge in [-0.15, -0.1) is 0 Å². The molecule has 2 atom stereocenters. The lowest BCUT2D eigenvalue weighted by atomic mass is 9.87. The van der Waals surface area contributed by atoms with Crippen LogP contribution < -0.4 is 9.47 Å². The topological polar surface area (TPSA) is 103 Å². The Kier molecular flexibility index (Phi) is 7.81. The molecule has 1 spiro atoms. The second-order valence-corrected chi connectivity index (χ2v) is 10.9. The monoisotopic (exact) mass is 530 g/mol. The van der Waals surface area contributed by atoms with Gasteiger partial charge in [0.2, 0.25) is 0 Å². The number of ether oxygens (including phenoxy) is 2. The van der Waals surface area contributed by atoms with Crippen molar-refractivity contribution >= 4 is 17.5 Å². The van der Waals surface area contributed by atoms with Crippen LogP contribution in [-0.2, 0) is 6.42 Å². The number of aliphatic hydroxyl groups excluding tert-OH is 2. The van der Waals surface area contributed by atoms with E-state index in [2.05, 4.69) is 4.90 Å². The molecule has 0 saturated carbocycles. The van der Waals surface area contributed by atoms with E-state index in [1.165, 1.54) is 12.1 Å². The Balaban J connectivity index is 1.15. The Hall–Kier alpha value is -2.52. The first-order valence-corrected chi connectivity index (χ1v) is 13.5. The van der Waals surface area contributed by atoms with E-state index >= 15 is 0 Å². The molecular formula is C28H35ClN2O6. The summed E-state index contributed by atoms with van der Waals surface area (Å²) < 4.78 is 12.2. The second-order valence-electron chi connectivity index (χ2n) is 10.5. The number of halogens is 1. The van der Waals surface area contributed by atoms with Crippen LogP contribution in [0.15, 0.2) is 36.4 Å². The zero-order valence-electron chi connectivity index (χ0n) is 20.9. The van der Waals surface area contributed by atoms with Gasteiger partial charge in [-0.3, -0.25) is 4.79 Å². The molecule has 2 aromatic rings. The number of nitrogens with zero attached hydrogens (tertiary/aromatic N) is 2. The summed E-state index contributed by atoms with van der Waals surface area (Å²) in [5.41, 5.74) is 1.27. The summed E-state index contributed by atoms with van der Waals surface area (Å²) in [5.74, 6) is 0.902. The summed E-state index contributed by atoms with van der Waals surface area (Å²) in [6.07, 6.45) is 4.43. The number of aliphatic hydroxyl groups is 2. The van der Waals surface area contributed by atoms with E-state index < -0.39 is 6.10 Å². The number of carbonyl (C=O) groups excluding carboxylic acids is 1. The largest absolute Gasteiger partial charge is 0.508 e. The normalized spacial score (nSPS) is 21.9. The smallest absolute Gasteiger partial charge is 0.257 e. The fourth-order valence-corrected chi connectivity index (χ4v) is 5.98. The van der Waals surface area contributed by atoms with Crippen molar-refractivity contribution in [2.45, 2.75) is 56.3 Å². The summed E-state index contributed by atoms with van der Waals surface area (Å²) in [5, 5.41) is 31.2. The van der Waals surface area contributed by atoms with Crippen LogP contribution in [0.1, 0.15) is 48.0 Å². The van der Waals surface area contributed by atoms with Crippen molar-refractivity contribution < 1.29 is 29.6 Å². The quantitative estimate of drug-likeness (QED) is 0.505. The lowest BCUT2D eigenvalue weighted by molar-refractivity contribution is -0.00205. The minimum Gasteiger partial charge on any atom is -0.508 e. The third-order valence-electron chi connectivity index (χ3n) is 7.82. The highest BCUT2D eigenvalue weighted by Gasteiger charge is 2.42. The maximum Gasteiger partial charge on any atom is 0.257 e. The van der Waals surface area contributed by atoms with Gasteiger partial charge >= 0.3 is 0 Å². The first kappa shape index (κ1) is 26.1. The van der Waals surface area contributed by atoms with Gasteiger partial charge in [0.1, 0.15) is 35.6 Å². The molecule has 8 nitrogen and oxygen atoms in total. The highest BCUT2D eigenvalue weighted by atomic mass is 35.5. The van der Waals surface area contributed by atoms with Gasteiger partial charge in [-0.25, -0.2) is 0 Å². The predicted octanol–water partition coefficient (Wildman–Crippen LogP) is 3.24. The minimum atomic E-state index is -0.764. The van der Waals surface area contributed by atoms with Crippen molar-refractivity contribution in [3.8, 4) is 17.2 Å². The van der Waals surface area contributed by atoms with E-state index in [0.717, 1.165) is 68.0 Å². The number of likely N-dealkylation sites (tertiary alicyclic amines) is 2. The second kappa shape index (κ2) is 11.1. The molecule has 9 heteroatoms. The number of phenolic OH excluding ortho intramolecular Hbond substituents is 1. The number of phenols is 1. The summed E-state index contributed by atoms with van der Waals surface area (Å²) in [6, 6.07) is 9.96. The van der Waals surface area contributed by atoms with Gasteiger partial charge in [0.05, 0.1) is 18.2 Å². The molecule has 200 valence electrons. The van der Waals surface area contributed by atoms with Gasteiger partial charge in [0.15, 0.2) is 0 Å². The van der Waals surface area contributed by atoms with E-state index in [4.69, 9.17) is 21.1 Å². The van der Waals surface area contributed by atoms with Crippen LogP contribution in [0.3, 0.4) is 0 Å². The Morgan fingerprint density at radius 3 is 2.76 bits per heavy atom. The molecule has 3 heterocycles. The fourth-order valence-electron chi connectivity index (χ4n) is 5.78. The van der Waals surface area contributed by atoms with Crippen LogP contribution in [0, 0.1) is 0 Å². The zero-order valence-corrected chi connectivity index (χ0v) is 21.7. The third kappa shape index (κ3) is 5.82. The molecule has 2 fully saturated rings. The first-order chi connectivity index (χ1) is 17.9. The van der Waals surface area contributed by atoms with E-state index in [-0.39, 0.29) is 42.3 Å². The number of benzene rings is 2. The standard InChI is InChI=1S/C28H35ClN2O6/c29-20-4-7-25-19(13-20)15-28(37-25)8-11-30(12-9-28)16-23(34)18-36-26-14-22(33)5-6-24(26)27(35)31-10-2-1-3-21(31)17-32/h4-7,13-14,21,23,32-34H,1-3,8-12,15-18H2/t21?,23-/m1/s1. The Bertz CT molecular complexity index is 1120. The van der Waals surface area contributed by atoms with Gasteiger partial charge in [-0.05, 0) is 55.2 Å². The molecule has 1 unspecified atom stereocenters. The van der Waals surface area contributed by atoms with E-state index in [1.807, 2.05) is 18.2 Å². The number of carbonyl (C=O) groups is 1. The predicted molar refractivity (Wildman–Crippen MR) is 140 cm³/mol. The molecule has 3 aliphatic rings. The van der Waals surface area contributed by atoms with E-state index in [1.54, 1.807) is 11.0 Å². The molecule has 0 aliphatic carbocycles. The SMILES string of the molecule is O=C(c1ccc(O)cc1OC[C@H](O)CN1CCC2(CC1)Cc1cc(Cl)ccc1O2)N1CCCCC1CO. The summed E-state index contributed by atoms with van der Waals surface area (Å²) in [6.45, 7) is 2.52. The lowest BCUT2D eigenvalue weighted by Gasteiger charge is -2.39. The number of aromatic hydroxyl groups is 1. The molecule has 0 radical (unpaired) electrons. The number of hydrogen-bond acceptors (Lipinski definition) is 7. The average molecular weight is 531 g/mol. The highest BCUT2D eigenvalue weighted by molar-refractivity contribution is 6.30. The van der Waals surface area contributed by atoms with Gasteiger partial charge < -0.3 is 34.6 Å². The van der Waals surface area contributed by atoms with Crippen LogP contribution in [0.5, 0.6) is 17.2 Å². The van der Waals surface area contributed by atoms with Crippen LogP contribution in [-0.4, -0.2) is 88.2 Å². The molecule has 0 bridgehead atoms. The summed E-state index contributed by atoms with van der Waals surface area (Å²) in [7, 11) is 0. The number of piperidine rings is 2. The maximum atomic E-state index is 13.2. The zero-order chi connectivity index (χ0) is 26.0. The Labute approximate surface area is 222 Å². The van der Waals surface area contributed by atoms with E-state index in [9.17, 15) is 20.1 Å². The summed E-state index contributed by atoms with van der Waals surface area (Å²) >= 11 is 6.14. The number of amides is 1. The van der Waals surface area contributed by atoms with Gasteiger partial charge in [0, 0.05) is 56.5 Å². The lowest BCUT2D eigenvalue weighted by Crippen LogP contribution is -2.49. The minimum absolute atomic E-state index is 0.00472. The van der Waals surface area contributed by atoms with Crippen molar-refractivity contribution in [2.75, 3.05) is 39.4 Å². The molecule has 1 amide bonds. The van der Waals surface area contributed by atoms with Crippen LogP contribution in [0.25, 0.3) is 0 Å². The van der Waals surface area contributed by atoms with Crippen molar-refractivity contribution in [2.24, 2.45) is 0 Å². The molecule has 3 N–H and O–H groups in total. The van der Waals surface area contributed by atoms with Crippen molar-refractivity contribution in [3.05, 3.63) is 52.5 Å². The first-order valence-electron chi connectivity index (χ1n) is 13.1. The highest BCUT2D eigenvalue weighted by Crippen LogP contribution is 2.42. The molecule has 2 aromatic carbocycles. The molecule has 5 rings (SSSR count). The maximum absolute atomic E-state index is 13.2. The Morgan fingerprint density at radius 2 is 1.97 bits per heavy atom. The molecule has 0 aromatic heterocycles. The molecule has 37 heavy (non-hydrogen) atoms. The fraction of sp³-hybridized carbons (Fsp3) is 0.536. The Morgan fingerprint density at radius 1 is 1.16 bits per heavy atom. The van der Waals surface area contributed by atoms with Crippen molar-refractivity contribution in [1.82, 2.24) is 9.80 Å². The number of rotatable bonds is 7. The van der Waals surface area contributed by atoms with E-state index in [0.29, 0.717) is 18.7 Å². The third-order valence-corrected chi connectivity index (χ3v) is 8.06. The van der Waals surface area contributed by atoms with Crippen LogP contribution in [0.4, 0.5) is 0 Å². The number of fused-ring (bicyclic) bond motifs is 1. The van der Waals surface area contributed by atoms with Crippen molar-refractivity contribution in [3.63, 3.8) is 0 Å². The summed E-state index contributed by atoms with van der Waals surface area (Å²) in [4.78, 5) is 17.1. The van der Waals surface area contributed by atoms with Gasteiger partial charge in [-0.2, -0.15) is 0 Å². The number of β-amino-alcohol motifs (C(OH)–C–C–N with tert-alkyl or cyclic N) is 1. The number of hydrogen-bond donors (Lipinski definition) is 3. The molecular weight excluding hydrogens is 496 g/mol. The van der Waals surface area contributed by atoms with Crippen LogP contribution >= 0.6 is 11.6 Å². The van der Waals surface area contributed by atoms with Crippen molar-refractivity contribution in [1.29, 1.82) is 0 Å². The molecule has 3 aliphatic heterocycles. The van der Waals surface area contributed by atoms with Crippen LogP contribution in [0.2, 0.25) is 5.02 Å². The molecule has 2 saturated heterocycles.